The Hall–Kier alpha value is -0.980. The third-order valence-corrected chi connectivity index (χ3v) is 4.12. The van der Waals surface area contributed by atoms with Crippen LogP contribution < -0.4 is 5.32 Å². The number of hydrogen-bond acceptors (Lipinski definition) is 6. The van der Waals surface area contributed by atoms with E-state index in [1.54, 1.807) is 29.8 Å². The highest BCUT2D eigenvalue weighted by Gasteiger charge is 2.10. The number of aromatic nitrogens is 2. The van der Waals surface area contributed by atoms with Crippen molar-refractivity contribution >= 4 is 27.8 Å². The van der Waals surface area contributed by atoms with Crippen molar-refractivity contribution in [2.75, 3.05) is 25.6 Å². The van der Waals surface area contributed by atoms with Crippen LogP contribution in [-0.4, -0.2) is 30.2 Å². The zero-order chi connectivity index (χ0) is 12.3. The van der Waals surface area contributed by atoms with Crippen molar-refractivity contribution < 1.29 is 4.74 Å². The number of anilines is 1. The fraction of sp³-hybridized carbons (Fsp3) is 0.455. The van der Waals surface area contributed by atoms with Crippen LogP contribution in [0.5, 0.6) is 0 Å². The Labute approximate surface area is 109 Å². The predicted octanol–water partition coefficient (Wildman–Crippen LogP) is 2.94. The van der Waals surface area contributed by atoms with E-state index in [9.17, 15) is 0 Å². The Morgan fingerprint density at radius 3 is 2.82 bits per heavy atom. The highest BCUT2D eigenvalue weighted by Crippen LogP contribution is 2.31. The zero-order valence-corrected chi connectivity index (χ0v) is 11.7. The van der Waals surface area contributed by atoms with Crippen LogP contribution in [0, 0.1) is 13.8 Å². The molecule has 1 N–H and O–H groups in total. The maximum Gasteiger partial charge on any atom is 0.183 e. The molecule has 0 aromatic carbocycles. The third kappa shape index (κ3) is 3.02. The van der Waals surface area contributed by atoms with Gasteiger partial charge >= 0.3 is 0 Å². The molecule has 0 spiro atoms. The van der Waals surface area contributed by atoms with Crippen LogP contribution in [-0.2, 0) is 4.74 Å². The molecule has 0 amide bonds. The summed E-state index contributed by atoms with van der Waals surface area (Å²) >= 11 is 3.30. The molecule has 0 bridgehead atoms. The summed E-state index contributed by atoms with van der Waals surface area (Å²) in [7, 11) is 1.69. The van der Waals surface area contributed by atoms with E-state index in [4.69, 9.17) is 4.74 Å². The normalized spacial score (nSPS) is 10.8. The van der Waals surface area contributed by atoms with Gasteiger partial charge in [0, 0.05) is 19.0 Å². The Morgan fingerprint density at radius 1 is 1.35 bits per heavy atom. The molecular weight excluding hydrogens is 254 g/mol. The maximum atomic E-state index is 4.98. The summed E-state index contributed by atoms with van der Waals surface area (Å²) < 4.78 is 4.98. The first-order valence-electron chi connectivity index (χ1n) is 5.33. The molecule has 0 unspecified atom stereocenters. The number of ether oxygens (including phenoxy) is 1. The SMILES string of the molecule is COCCNc1nc(-c2sc(C)nc2C)cs1. The van der Waals surface area contributed by atoms with Crippen LogP contribution in [0.1, 0.15) is 10.7 Å². The number of rotatable bonds is 5. The van der Waals surface area contributed by atoms with Crippen LogP contribution in [0.15, 0.2) is 5.38 Å². The molecule has 2 heterocycles. The van der Waals surface area contributed by atoms with Gasteiger partial charge in [-0.05, 0) is 13.8 Å². The second-order valence-electron chi connectivity index (χ2n) is 3.60. The molecule has 92 valence electrons. The third-order valence-electron chi connectivity index (χ3n) is 2.22. The van der Waals surface area contributed by atoms with Crippen molar-refractivity contribution in [2.24, 2.45) is 0 Å². The first kappa shape index (κ1) is 12.5. The second kappa shape index (κ2) is 5.57. The summed E-state index contributed by atoms with van der Waals surface area (Å²) in [6.07, 6.45) is 0. The average molecular weight is 269 g/mol. The molecule has 17 heavy (non-hydrogen) atoms. The predicted molar refractivity (Wildman–Crippen MR) is 73.1 cm³/mol. The van der Waals surface area contributed by atoms with E-state index in [1.165, 1.54) is 4.88 Å². The molecule has 0 atom stereocenters. The van der Waals surface area contributed by atoms with Gasteiger partial charge in [-0.25, -0.2) is 9.97 Å². The molecule has 0 aliphatic rings. The monoisotopic (exact) mass is 269 g/mol. The topological polar surface area (TPSA) is 47.0 Å². The lowest BCUT2D eigenvalue weighted by Gasteiger charge is -1.99. The van der Waals surface area contributed by atoms with Crippen molar-refractivity contribution in [1.29, 1.82) is 0 Å². The van der Waals surface area contributed by atoms with Crippen LogP contribution in [0.25, 0.3) is 10.6 Å². The quantitative estimate of drug-likeness (QED) is 0.848. The molecule has 0 aliphatic heterocycles. The molecule has 0 fully saturated rings. The van der Waals surface area contributed by atoms with E-state index in [2.05, 4.69) is 20.7 Å². The van der Waals surface area contributed by atoms with Crippen molar-refractivity contribution in [3.05, 3.63) is 16.1 Å². The molecule has 2 aromatic rings. The smallest absolute Gasteiger partial charge is 0.183 e. The van der Waals surface area contributed by atoms with Crippen molar-refractivity contribution in [3.63, 3.8) is 0 Å². The molecule has 2 rings (SSSR count). The van der Waals surface area contributed by atoms with Gasteiger partial charge in [-0.3, -0.25) is 0 Å². The van der Waals surface area contributed by atoms with Gasteiger partial charge < -0.3 is 10.1 Å². The maximum absolute atomic E-state index is 4.98. The van der Waals surface area contributed by atoms with Gasteiger partial charge in [0.05, 0.1) is 27.9 Å². The summed E-state index contributed by atoms with van der Waals surface area (Å²) in [5.41, 5.74) is 2.07. The molecule has 6 heteroatoms. The van der Waals surface area contributed by atoms with E-state index in [0.29, 0.717) is 6.61 Å². The van der Waals surface area contributed by atoms with Crippen LogP contribution in [0.2, 0.25) is 0 Å². The van der Waals surface area contributed by atoms with Gasteiger partial charge in [-0.1, -0.05) is 0 Å². The van der Waals surface area contributed by atoms with E-state index < -0.39 is 0 Å². The lowest BCUT2D eigenvalue weighted by atomic mass is 10.3. The first-order valence-corrected chi connectivity index (χ1v) is 7.03. The summed E-state index contributed by atoms with van der Waals surface area (Å²) in [6, 6.07) is 0. The second-order valence-corrected chi connectivity index (χ2v) is 5.67. The highest BCUT2D eigenvalue weighted by molar-refractivity contribution is 7.16. The Balaban J connectivity index is 2.10. The van der Waals surface area contributed by atoms with E-state index in [1.807, 2.05) is 13.8 Å². The van der Waals surface area contributed by atoms with E-state index in [0.717, 1.165) is 28.1 Å². The van der Waals surface area contributed by atoms with Crippen LogP contribution >= 0.6 is 22.7 Å². The molecule has 4 nitrogen and oxygen atoms in total. The summed E-state index contributed by atoms with van der Waals surface area (Å²) in [5.74, 6) is 0. The molecule has 0 saturated heterocycles. The fourth-order valence-electron chi connectivity index (χ4n) is 1.49. The van der Waals surface area contributed by atoms with Gasteiger partial charge in [-0.2, -0.15) is 0 Å². The fourth-order valence-corrected chi connectivity index (χ4v) is 3.17. The van der Waals surface area contributed by atoms with Crippen molar-refractivity contribution in [2.45, 2.75) is 13.8 Å². The number of thiazole rings is 2. The van der Waals surface area contributed by atoms with Gasteiger partial charge in [-0.15, -0.1) is 22.7 Å². The molecule has 0 saturated carbocycles. The Bertz CT molecular complexity index is 493. The molecule has 2 aromatic heterocycles. The standard InChI is InChI=1S/C11H15N3OS2/c1-7-10(17-8(2)13-7)9-6-16-11(14-9)12-4-5-15-3/h6H,4-5H2,1-3H3,(H,12,14). The molecule has 0 radical (unpaired) electrons. The number of hydrogen-bond donors (Lipinski definition) is 1. The number of aryl methyl sites for hydroxylation is 2. The van der Waals surface area contributed by atoms with Gasteiger partial charge in [0.15, 0.2) is 5.13 Å². The molecule has 0 aliphatic carbocycles. The van der Waals surface area contributed by atoms with Crippen LogP contribution in [0.4, 0.5) is 5.13 Å². The summed E-state index contributed by atoms with van der Waals surface area (Å²) in [4.78, 5) is 10.1. The molecular formula is C11H15N3OS2. The zero-order valence-electron chi connectivity index (χ0n) is 10.1. The largest absolute Gasteiger partial charge is 0.383 e. The number of nitrogens with one attached hydrogen (secondary N) is 1. The lowest BCUT2D eigenvalue weighted by molar-refractivity contribution is 0.211. The highest BCUT2D eigenvalue weighted by atomic mass is 32.1. The van der Waals surface area contributed by atoms with Gasteiger partial charge in [0.1, 0.15) is 0 Å². The van der Waals surface area contributed by atoms with Gasteiger partial charge in [0.2, 0.25) is 0 Å². The summed E-state index contributed by atoms with van der Waals surface area (Å²) in [5, 5.41) is 7.31. The Morgan fingerprint density at radius 2 is 2.18 bits per heavy atom. The number of nitrogens with zero attached hydrogens (tertiary/aromatic N) is 2. The van der Waals surface area contributed by atoms with Crippen LogP contribution in [0.3, 0.4) is 0 Å². The van der Waals surface area contributed by atoms with E-state index >= 15 is 0 Å². The average Bonchev–Trinajstić information content (AvgIpc) is 2.86. The number of methoxy groups -OCH3 is 1. The minimum absolute atomic E-state index is 0.688. The minimum Gasteiger partial charge on any atom is -0.383 e. The first-order chi connectivity index (χ1) is 8.20. The Kier molecular flexibility index (Phi) is 4.09. The minimum atomic E-state index is 0.688. The summed E-state index contributed by atoms with van der Waals surface area (Å²) in [6.45, 7) is 5.51. The van der Waals surface area contributed by atoms with E-state index in [-0.39, 0.29) is 0 Å². The van der Waals surface area contributed by atoms with Crippen molar-refractivity contribution in [1.82, 2.24) is 9.97 Å². The lowest BCUT2D eigenvalue weighted by Crippen LogP contribution is -2.06. The van der Waals surface area contributed by atoms with Crippen molar-refractivity contribution in [3.8, 4) is 10.6 Å². The van der Waals surface area contributed by atoms with Gasteiger partial charge in [0.25, 0.3) is 0 Å².